The van der Waals surface area contributed by atoms with Gasteiger partial charge in [0.1, 0.15) is 5.03 Å². The van der Waals surface area contributed by atoms with Crippen molar-refractivity contribution in [2.75, 3.05) is 18.1 Å². The topological polar surface area (TPSA) is 64.1 Å². The van der Waals surface area contributed by atoms with Crippen molar-refractivity contribution in [1.29, 1.82) is 0 Å². The van der Waals surface area contributed by atoms with Gasteiger partial charge in [-0.1, -0.05) is 0 Å². The fourth-order valence-corrected chi connectivity index (χ4v) is 2.26. The van der Waals surface area contributed by atoms with Gasteiger partial charge in [-0.3, -0.25) is 4.68 Å². The van der Waals surface area contributed by atoms with Crippen molar-refractivity contribution < 1.29 is 5.11 Å². The molecule has 1 aromatic heterocycles. The zero-order chi connectivity index (χ0) is 10.6. The Labute approximate surface area is 88.5 Å². The fourth-order valence-electron chi connectivity index (χ4n) is 1.17. The van der Waals surface area contributed by atoms with Gasteiger partial charge in [0.2, 0.25) is 0 Å². The molecule has 1 aromatic rings. The summed E-state index contributed by atoms with van der Waals surface area (Å²) in [6.07, 6.45) is 0.790. The predicted octanol–water partition coefficient (Wildman–Crippen LogP) is 1.27. The van der Waals surface area contributed by atoms with Crippen molar-refractivity contribution >= 4 is 17.4 Å². The number of aromatic nitrogens is 2. The monoisotopic (exact) mass is 215 g/mol. The molecule has 14 heavy (non-hydrogen) atoms. The van der Waals surface area contributed by atoms with Crippen molar-refractivity contribution in [3.63, 3.8) is 0 Å². The lowest BCUT2D eigenvalue weighted by atomic mass is 10.4. The van der Waals surface area contributed by atoms with Gasteiger partial charge in [0.05, 0.1) is 11.4 Å². The largest absolute Gasteiger partial charge is 0.396 e. The van der Waals surface area contributed by atoms with Crippen LogP contribution in [-0.4, -0.2) is 27.2 Å². The first kappa shape index (κ1) is 11.4. The van der Waals surface area contributed by atoms with Crippen molar-refractivity contribution in [3.8, 4) is 0 Å². The first-order valence-electron chi connectivity index (χ1n) is 4.77. The average molecular weight is 215 g/mol. The molecule has 5 heteroatoms. The van der Waals surface area contributed by atoms with Gasteiger partial charge in [-0.15, -0.1) is 11.8 Å². The Morgan fingerprint density at radius 1 is 1.57 bits per heavy atom. The molecule has 0 aromatic carbocycles. The minimum absolute atomic E-state index is 0.228. The van der Waals surface area contributed by atoms with Crippen molar-refractivity contribution in [3.05, 3.63) is 5.69 Å². The number of thioether (sulfide) groups is 1. The minimum atomic E-state index is 0.228. The highest BCUT2D eigenvalue weighted by molar-refractivity contribution is 7.99. The minimum Gasteiger partial charge on any atom is -0.396 e. The molecule has 0 fully saturated rings. The van der Waals surface area contributed by atoms with E-state index in [4.69, 9.17) is 10.8 Å². The molecule has 0 aliphatic carbocycles. The molecule has 4 nitrogen and oxygen atoms in total. The van der Waals surface area contributed by atoms with E-state index in [2.05, 4.69) is 5.10 Å². The molecule has 3 N–H and O–H groups in total. The Morgan fingerprint density at radius 2 is 2.29 bits per heavy atom. The molecule has 0 aliphatic heterocycles. The third-order valence-electron chi connectivity index (χ3n) is 1.97. The third kappa shape index (κ3) is 2.42. The highest BCUT2D eigenvalue weighted by Crippen LogP contribution is 2.27. The van der Waals surface area contributed by atoms with Gasteiger partial charge in [0.15, 0.2) is 0 Å². The lowest BCUT2D eigenvalue weighted by Gasteiger charge is -2.04. The van der Waals surface area contributed by atoms with E-state index in [-0.39, 0.29) is 6.61 Å². The summed E-state index contributed by atoms with van der Waals surface area (Å²) in [5.74, 6) is 0.881. The van der Waals surface area contributed by atoms with Crippen LogP contribution in [0.5, 0.6) is 0 Å². The molecule has 1 rings (SSSR count). The van der Waals surface area contributed by atoms with Crippen molar-refractivity contribution in [1.82, 2.24) is 9.78 Å². The summed E-state index contributed by atoms with van der Waals surface area (Å²) in [6, 6.07) is 0. The van der Waals surface area contributed by atoms with Crippen LogP contribution < -0.4 is 5.73 Å². The average Bonchev–Trinajstić information content (AvgIpc) is 2.45. The molecule has 0 aliphatic rings. The summed E-state index contributed by atoms with van der Waals surface area (Å²) in [5.41, 5.74) is 7.55. The van der Waals surface area contributed by atoms with Gasteiger partial charge in [0, 0.05) is 18.9 Å². The van der Waals surface area contributed by atoms with Gasteiger partial charge < -0.3 is 10.8 Å². The first-order valence-corrected chi connectivity index (χ1v) is 5.75. The number of nitrogen functional groups attached to an aromatic ring is 1. The van der Waals surface area contributed by atoms with Gasteiger partial charge >= 0.3 is 0 Å². The summed E-state index contributed by atoms with van der Waals surface area (Å²) < 4.78 is 1.91. The zero-order valence-electron chi connectivity index (χ0n) is 8.66. The third-order valence-corrected chi connectivity index (χ3v) is 3.16. The van der Waals surface area contributed by atoms with E-state index in [9.17, 15) is 0 Å². The molecule has 0 bridgehead atoms. The maximum atomic E-state index is 8.68. The Morgan fingerprint density at radius 3 is 2.86 bits per heavy atom. The molecule has 0 atom stereocenters. The maximum absolute atomic E-state index is 8.68. The fraction of sp³-hybridized carbons (Fsp3) is 0.667. The summed E-state index contributed by atoms with van der Waals surface area (Å²) in [4.78, 5) is 0. The van der Waals surface area contributed by atoms with E-state index >= 15 is 0 Å². The molecule has 1 heterocycles. The van der Waals surface area contributed by atoms with Crippen molar-refractivity contribution in [2.45, 2.75) is 31.8 Å². The van der Waals surface area contributed by atoms with Gasteiger partial charge in [-0.2, -0.15) is 5.10 Å². The molecule has 0 radical (unpaired) electrons. The van der Waals surface area contributed by atoms with E-state index in [1.165, 1.54) is 0 Å². The SMILES string of the molecule is CCn1nc(C)c(N)c1SCCCO. The normalized spacial score (nSPS) is 10.8. The Bertz CT molecular complexity index is 298. The molecular formula is C9H17N3OS. The zero-order valence-corrected chi connectivity index (χ0v) is 9.47. The summed E-state index contributed by atoms with van der Waals surface area (Å²) >= 11 is 1.66. The predicted molar refractivity (Wildman–Crippen MR) is 59.5 cm³/mol. The Kier molecular flexibility index (Phi) is 4.28. The summed E-state index contributed by atoms with van der Waals surface area (Å²) in [7, 11) is 0. The van der Waals surface area contributed by atoms with Crippen LogP contribution in [0.2, 0.25) is 0 Å². The molecule has 0 unspecified atom stereocenters. The van der Waals surface area contributed by atoms with Gasteiger partial charge in [0.25, 0.3) is 0 Å². The van der Waals surface area contributed by atoms with E-state index < -0.39 is 0 Å². The van der Waals surface area contributed by atoms with Gasteiger partial charge in [-0.25, -0.2) is 0 Å². The molecule has 80 valence electrons. The summed E-state index contributed by atoms with van der Waals surface area (Å²) in [5, 5.41) is 14.0. The Balaban J connectivity index is 2.72. The quantitative estimate of drug-likeness (QED) is 0.573. The lowest BCUT2D eigenvalue weighted by molar-refractivity contribution is 0.296. The molecule has 0 saturated heterocycles. The number of anilines is 1. The smallest absolute Gasteiger partial charge is 0.117 e. The Hall–Kier alpha value is -0.680. The first-order chi connectivity index (χ1) is 6.70. The number of hydrogen-bond acceptors (Lipinski definition) is 4. The van der Waals surface area contributed by atoms with Crippen LogP contribution in [0.1, 0.15) is 19.0 Å². The van der Waals surface area contributed by atoms with E-state index in [1.807, 2.05) is 18.5 Å². The number of rotatable bonds is 5. The van der Waals surface area contributed by atoms with E-state index in [0.717, 1.165) is 35.1 Å². The van der Waals surface area contributed by atoms with Gasteiger partial charge in [-0.05, 0) is 20.3 Å². The van der Waals surface area contributed by atoms with E-state index in [0.29, 0.717) is 0 Å². The van der Waals surface area contributed by atoms with E-state index in [1.54, 1.807) is 11.8 Å². The second kappa shape index (κ2) is 5.26. The number of aliphatic hydroxyl groups excluding tert-OH is 1. The second-order valence-corrected chi connectivity index (χ2v) is 4.13. The van der Waals surface area contributed by atoms with Crippen LogP contribution in [0.25, 0.3) is 0 Å². The van der Waals surface area contributed by atoms with Crippen LogP contribution >= 0.6 is 11.8 Å². The second-order valence-electron chi connectivity index (χ2n) is 3.05. The van der Waals surface area contributed by atoms with Crippen molar-refractivity contribution in [2.24, 2.45) is 0 Å². The number of nitrogens with two attached hydrogens (primary N) is 1. The van der Waals surface area contributed by atoms with Crippen LogP contribution in [0.15, 0.2) is 5.03 Å². The van der Waals surface area contributed by atoms with Crippen LogP contribution in [0.3, 0.4) is 0 Å². The highest BCUT2D eigenvalue weighted by Gasteiger charge is 2.11. The maximum Gasteiger partial charge on any atom is 0.117 e. The molecule has 0 spiro atoms. The standard InChI is InChI=1S/C9H17N3OS/c1-3-12-9(14-6-4-5-13)8(10)7(2)11-12/h13H,3-6,10H2,1-2H3. The number of aliphatic hydroxyl groups is 1. The van der Waals surface area contributed by atoms with Crippen LogP contribution in [0.4, 0.5) is 5.69 Å². The molecular weight excluding hydrogens is 198 g/mol. The molecule has 0 saturated carbocycles. The number of hydrogen-bond donors (Lipinski definition) is 2. The highest BCUT2D eigenvalue weighted by atomic mass is 32.2. The van der Waals surface area contributed by atoms with Crippen LogP contribution in [-0.2, 0) is 6.54 Å². The molecule has 0 amide bonds. The number of nitrogens with zero attached hydrogens (tertiary/aromatic N) is 2. The summed E-state index contributed by atoms with van der Waals surface area (Å²) in [6.45, 7) is 5.02. The lowest BCUT2D eigenvalue weighted by Crippen LogP contribution is -2.00. The number of aryl methyl sites for hydroxylation is 2. The van der Waals surface area contributed by atoms with Crippen LogP contribution in [0, 0.1) is 6.92 Å².